The van der Waals surface area contributed by atoms with E-state index in [2.05, 4.69) is 22.4 Å². The van der Waals surface area contributed by atoms with Crippen molar-refractivity contribution < 1.29 is 9.53 Å². The molecule has 0 aliphatic rings. The standard InChI is InChI=1S/C23H22N4O2/c1-2-3-14-29-20-11-7-8-17(15-20)23(28)24-18-12-13-21-22(16-18)26-27(25-21)19-9-5-4-6-10-19/h4-13,15-16H,2-3,14H2,1H3,(H,24,28). The minimum Gasteiger partial charge on any atom is -0.494 e. The second-order valence-corrected chi connectivity index (χ2v) is 6.71. The first kappa shape index (κ1) is 18.7. The number of ether oxygens (including phenoxy) is 1. The summed E-state index contributed by atoms with van der Waals surface area (Å²) in [6.07, 6.45) is 2.05. The van der Waals surface area contributed by atoms with E-state index in [-0.39, 0.29) is 5.91 Å². The molecule has 3 aromatic carbocycles. The van der Waals surface area contributed by atoms with Crippen LogP contribution in [0, 0.1) is 0 Å². The Labute approximate surface area is 169 Å². The van der Waals surface area contributed by atoms with Gasteiger partial charge in [0.05, 0.1) is 12.3 Å². The van der Waals surface area contributed by atoms with Gasteiger partial charge in [0.1, 0.15) is 16.8 Å². The highest BCUT2D eigenvalue weighted by Crippen LogP contribution is 2.19. The Bertz CT molecular complexity index is 1120. The molecule has 0 unspecified atom stereocenters. The number of unbranched alkanes of at least 4 members (excludes halogenated alkanes) is 1. The molecule has 4 rings (SSSR count). The van der Waals surface area contributed by atoms with Crippen LogP contribution in [0.3, 0.4) is 0 Å². The largest absolute Gasteiger partial charge is 0.494 e. The Morgan fingerprint density at radius 2 is 1.79 bits per heavy atom. The Morgan fingerprint density at radius 1 is 0.966 bits per heavy atom. The fraction of sp³-hybridized carbons (Fsp3) is 0.174. The number of amides is 1. The number of hydrogen-bond donors (Lipinski definition) is 1. The zero-order valence-electron chi connectivity index (χ0n) is 16.2. The predicted octanol–water partition coefficient (Wildman–Crippen LogP) is 4.85. The molecule has 0 radical (unpaired) electrons. The Balaban J connectivity index is 1.50. The zero-order chi connectivity index (χ0) is 20.1. The van der Waals surface area contributed by atoms with Gasteiger partial charge in [0.2, 0.25) is 0 Å². The van der Waals surface area contributed by atoms with Crippen LogP contribution in [0.2, 0.25) is 0 Å². The van der Waals surface area contributed by atoms with Gasteiger partial charge < -0.3 is 10.1 Å². The van der Waals surface area contributed by atoms with E-state index in [0.717, 1.165) is 24.0 Å². The number of fused-ring (bicyclic) bond motifs is 1. The van der Waals surface area contributed by atoms with E-state index < -0.39 is 0 Å². The van der Waals surface area contributed by atoms with Gasteiger partial charge in [0.25, 0.3) is 5.91 Å². The number of hydrogen-bond acceptors (Lipinski definition) is 4. The maximum atomic E-state index is 12.7. The minimum atomic E-state index is -0.194. The third kappa shape index (κ3) is 4.43. The van der Waals surface area contributed by atoms with Gasteiger partial charge in [-0.15, -0.1) is 10.2 Å². The van der Waals surface area contributed by atoms with E-state index in [1.807, 2.05) is 60.7 Å². The summed E-state index contributed by atoms with van der Waals surface area (Å²) < 4.78 is 5.69. The van der Waals surface area contributed by atoms with Crippen molar-refractivity contribution in [3.8, 4) is 11.4 Å². The van der Waals surface area contributed by atoms with Crippen LogP contribution in [0.1, 0.15) is 30.1 Å². The molecule has 1 amide bonds. The van der Waals surface area contributed by atoms with E-state index in [9.17, 15) is 4.79 Å². The first-order valence-electron chi connectivity index (χ1n) is 9.69. The maximum Gasteiger partial charge on any atom is 0.255 e. The molecule has 4 aromatic rings. The van der Waals surface area contributed by atoms with Gasteiger partial charge in [-0.25, -0.2) is 0 Å². The molecule has 0 saturated carbocycles. The molecule has 6 heteroatoms. The molecule has 1 heterocycles. The van der Waals surface area contributed by atoms with Crippen LogP contribution >= 0.6 is 0 Å². The molecule has 0 saturated heterocycles. The summed E-state index contributed by atoms with van der Waals surface area (Å²) in [4.78, 5) is 14.2. The molecular weight excluding hydrogens is 364 g/mol. The highest BCUT2D eigenvalue weighted by atomic mass is 16.5. The van der Waals surface area contributed by atoms with Crippen molar-refractivity contribution in [2.75, 3.05) is 11.9 Å². The van der Waals surface area contributed by atoms with E-state index in [4.69, 9.17) is 4.74 Å². The predicted molar refractivity (Wildman–Crippen MR) is 114 cm³/mol. The third-order valence-electron chi connectivity index (χ3n) is 4.49. The van der Waals surface area contributed by atoms with Crippen molar-refractivity contribution in [2.24, 2.45) is 0 Å². The lowest BCUT2D eigenvalue weighted by molar-refractivity contribution is 0.102. The average molecular weight is 386 g/mol. The lowest BCUT2D eigenvalue weighted by Crippen LogP contribution is -2.12. The van der Waals surface area contributed by atoms with E-state index >= 15 is 0 Å². The van der Waals surface area contributed by atoms with Crippen LogP contribution in [-0.2, 0) is 0 Å². The van der Waals surface area contributed by atoms with Gasteiger partial charge in [-0.2, -0.15) is 4.80 Å². The number of carbonyl (C=O) groups is 1. The highest BCUT2D eigenvalue weighted by molar-refractivity contribution is 6.05. The van der Waals surface area contributed by atoms with Crippen LogP contribution in [0.5, 0.6) is 5.75 Å². The second-order valence-electron chi connectivity index (χ2n) is 6.71. The number of rotatable bonds is 7. The summed E-state index contributed by atoms with van der Waals surface area (Å²) in [6, 6.07) is 22.4. The van der Waals surface area contributed by atoms with Crippen LogP contribution in [0.4, 0.5) is 5.69 Å². The van der Waals surface area contributed by atoms with E-state index in [1.165, 1.54) is 0 Å². The SMILES string of the molecule is CCCCOc1cccc(C(=O)Nc2ccc3nn(-c4ccccc4)nc3c2)c1. The molecule has 29 heavy (non-hydrogen) atoms. The Kier molecular flexibility index (Phi) is 5.52. The first-order valence-corrected chi connectivity index (χ1v) is 9.69. The van der Waals surface area contributed by atoms with Gasteiger partial charge in [0.15, 0.2) is 0 Å². The van der Waals surface area contributed by atoms with Crippen LogP contribution in [0.15, 0.2) is 72.8 Å². The highest BCUT2D eigenvalue weighted by Gasteiger charge is 2.10. The van der Waals surface area contributed by atoms with E-state index in [1.54, 1.807) is 16.9 Å². The smallest absolute Gasteiger partial charge is 0.255 e. The van der Waals surface area contributed by atoms with Crippen molar-refractivity contribution in [3.05, 3.63) is 78.4 Å². The van der Waals surface area contributed by atoms with Gasteiger partial charge in [-0.3, -0.25) is 4.79 Å². The second kappa shape index (κ2) is 8.56. The molecular formula is C23H22N4O2. The Morgan fingerprint density at radius 3 is 2.62 bits per heavy atom. The van der Waals surface area contributed by atoms with Gasteiger partial charge in [-0.05, 0) is 55.0 Å². The molecule has 6 nitrogen and oxygen atoms in total. The topological polar surface area (TPSA) is 69.0 Å². The first-order chi connectivity index (χ1) is 14.2. The fourth-order valence-electron chi connectivity index (χ4n) is 2.93. The lowest BCUT2D eigenvalue weighted by atomic mass is 10.2. The third-order valence-corrected chi connectivity index (χ3v) is 4.49. The number of anilines is 1. The van der Waals surface area contributed by atoms with Crippen LogP contribution in [-0.4, -0.2) is 27.5 Å². The number of aromatic nitrogens is 3. The molecule has 0 fully saturated rings. The summed E-state index contributed by atoms with van der Waals surface area (Å²) in [5.41, 5.74) is 3.57. The fourth-order valence-corrected chi connectivity index (χ4v) is 2.93. The van der Waals surface area contributed by atoms with Gasteiger partial charge in [-0.1, -0.05) is 37.6 Å². The molecule has 0 aliphatic heterocycles. The summed E-state index contributed by atoms with van der Waals surface area (Å²) in [7, 11) is 0. The molecule has 0 aliphatic carbocycles. The van der Waals surface area contributed by atoms with E-state index in [0.29, 0.717) is 29.1 Å². The summed E-state index contributed by atoms with van der Waals surface area (Å²) in [5.74, 6) is 0.507. The summed E-state index contributed by atoms with van der Waals surface area (Å²) in [5, 5.41) is 11.9. The number of carbonyl (C=O) groups excluding carboxylic acids is 1. The number of nitrogens with one attached hydrogen (secondary N) is 1. The number of para-hydroxylation sites is 1. The van der Waals surface area contributed by atoms with Crippen molar-refractivity contribution in [1.29, 1.82) is 0 Å². The summed E-state index contributed by atoms with van der Waals surface area (Å²) >= 11 is 0. The van der Waals surface area contributed by atoms with Gasteiger partial charge in [0, 0.05) is 11.3 Å². The van der Waals surface area contributed by atoms with Crippen molar-refractivity contribution in [3.63, 3.8) is 0 Å². The average Bonchev–Trinajstić information content (AvgIpc) is 3.18. The number of nitrogens with zero attached hydrogens (tertiary/aromatic N) is 3. The number of benzene rings is 3. The maximum absolute atomic E-state index is 12.7. The van der Waals surface area contributed by atoms with Gasteiger partial charge >= 0.3 is 0 Å². The minimum absolute atomic E-state index is 0.194. The molecule has 0 atom stereocenters. The van der Waals surface area contributed by atoms with Crippen LogP contribution < -0.4 is 10.1 Å². The zero-order valence-corrected chi connectivity index (χ0v) is 16.2. The van der Waals surface area contributed by atoms with Crippen molar-refractivity contribution in [1.82, 2.24) is 15.0 Å². The monoisotopic (exact) mass is 386 g/mol. The van der Waals surface area contributed by atoms with Crippen molar-refractivity contribution in [2.45, 2.75) is 19.8 Å². The normalized spacial score (nSPS) is 10.8. The molecule has 146 valence electrons. The summed E-state index contributed by atoms with van der Waals surface area (Å²) in [6.45, 7) is 2.76. The van der Waals surface area contributed by atoms with Crippen molar-refractivity contribution >= 4 is 22.6 Å². The molecule has 0 bridgehead atoms. The molecule has 1 N–H and O–H groups in total. The lowest BCUT2D eigenvalue weighted by Gasteiger charge is -2.08. The Hall–Kier alpha value is -3.67. The quantitative estimate of drug-likeness (QED) is 0.461. The molecule has 1 aromatic heterocycles. The molecule has 0 spiro atoms. The van der Waals surface area contributed by atoms with Crippen LogP contribution in [0.25, 0.3) is 16.7 Å².